The Morgan fingerprint density at radius 3 is 2.20 bits per heavy atom. The number of ether oxygens (including phenoxy) is 1. The normalized spacial score (nSPS) is 22.2. The third-order valence-electron chi connectivity index (χ3n) is 4.01. The van der Waals surface area contributed by atoms with Gasteiger partial charge in [-0.25, -0.2) is 9.59 Å². The largest absolute Gasteiger partial charge is 0.480 e. The van der Waals surface area contributed by atoms with Crippen molar-refractivity contribution in [1.82, 2.24) is 10.2 Å². The number of hydrogen-bond donors (Lipinski definition) is 2. The highest BCUT2D eigenvalue weighted by Gasteiger charge is 2.44. The molecule has 3 atom stereocenters. The van der Waals surface area contributed by atoms with E-state index in [1.165, 1.54) is 4.90 Å². The highest BCUT2D eigenvalue weighted by atomic mass is 16.6. The number of carbonyl (C=O) groups excluding carboxylic acids is 2. The zero-order valence-electron chi connectivity index (χ0n) is 16.0. The predicted molar refractivity (Wildman–Crippen MR) is 94.1 cm³/mol. The number of carbonyl (C=O) groups is 3. The summed E-state index contributed by atoms with van der Waals surface area (Å²) in [6.45, 7) is 14.6. The first-order valence-corrected chi connectivity index (χ1v) is 8.41. The number of carboxylic acids is 1. The molecule has 0 aromatic heterocycles. The van der Waals surface area contributed by atoms with E-state index in [2.05, 4.69) is 11.9 Å². The van der Waals surface area contributed by atoms with E-state index in [0.29, 0.717) is 6.42 Å². The van der Waals surface area contributed by atoms with Crippen LogP contribution in [-0.4, -0.2) is 52.2 Å². The summed E-state index contributed by atoms with van der Waals surface area (Å²) >= 11 is 0. The van der Waals surface area contributed by atoms with Gasteiger partial charge in [0.2, 0.25) is 5.91 Å². The van der Waals surface area contributed by atoms with Gasteiger partial charge in [0, 0.05) is 6.54 Å². The molecular formula is C18H30N2O5. The molecular weight excluding hydrogens is 324 g/mol. The lowest BCUT2D eigenvalue weighted by molar-refractivity contribution is -0.150. The molecule has 7 heteroatoms. The van der Waals surface area contributed by atoms with Crippen LogP contribution >= 0.6 is 0 Å². The average Bonchev–Trinajstić information content (AvgIpc) is 2.85. The van der Waals surface area contributed by atoms with Crippen LogP contribution < -0.4 is 5.32 Å². The van der Waals surface area contributed by atoms with Crippen molar-refractivity contribution in [2.75, 3.05) is 6.54 Å². The van der Waals surface area contributed by atoms with Crippen molar-refractivity contribution in [3.05, 3.63) is 12.7 Å². The zero-order valence-corrected chi connectivity index (χ0v) is 16.0. The third kappa shape index (κ3) is 5.76. The van der Waals surface area contributed by atoms with Gasteiger partial charge < -0.3 is 20.1 Å². The smallest absolute Gasteiger partial charge is 0.408 e. The Morgan fingerprint density at radius 2 is 1.80 bits per heavy atom. The van der Waals surface area contributed by atoms with Gasteiger partial charge in [-0.15, -0.1) is 6.58 Å². The molecule has 1 rings (SSSR count). The Hall–Kier alpha value is -2.05. The molecule has 2 N–H and O–H groups in total. The topological polar surface area (TPSA) is 95.9 Å². The number of amides is 2. The summed E-state index contributed by atoms with van der Waals surface area (Å²) < 4.78 is 5.24. The van der Waals surface area contributed by atoms with Gasteiger partial charge in [-0.05, 0) is 38.5 Å². The van der Waals surface area contributed by atoms with Gasteiger partial charge in [0.1, 0.15) is 17.7 Å². The second-order valence-corrected chi connectivity index (χ2v) is 8.52. The molecule has 0 aliphatic carbocycles. The van der Waals surface area contributed by atoms with E-state index < -0.39 is 41.1 Å². The highest BCUT2D eigenvalue weighted by Crippen LogP contribution is 2.29. The van der Waals surface area contributed by atoms with Crippen molar-refractivity contribution >= 4 is 18.0 Å². The quantitative estimate of drug-likeness (QED) is 0.756. The van der Waals surface area contributed by atoms with Gasteiger partial charge in [-0.2, -0.15) is 0 Å². The van der Waals surface area contributed by atoms with E-state index in [-0.39, 0.29) is 12.5 Å². The number of hydrogen-bond acceptors (Lipinski definition) is 4. The lowest BCUT2D eigenvalue weighted by Gasteiger charge is -2.35. The third-order valence-corrected chi connectivity index (χ3v) is 4.01. The van der Waals surface area contributed by atoms with Crippen LogP contribution in [0.3, 0.4) is 0 Å². The molecule has 0 radical (unpaired) electrons. The minimum absolute atomic E-state index is 0.0767. The standard InChI is InChI=1S/C18H30N2O5/c1-8-11-9-12(15(22)23)20(10-11)14(21)13(17(2,3)4)19-16(24)25-18(5,6)7/h8,11-13H,1,9-10H2,2-7H3,(H,19,24)(H,22,23)/t11-,12+,13-/m1/s1. The summed E-state index contributed by atoms with van der Waals surface area (Å²) in [6, 6.07) is -1.81. The molecule has 1 heterocycles. The van der Waals surface area contributed by atoms with E-state index in [4.69, 9.17) is 4.74 Å². The van der Waals surface area contributed by atoms with Crippen LogP contribution in [0.1, 0.15) is 48.0 Å². The first kappa shape index (κ1) is 21.0. The predicted octanol–water partition coefficient (Wildman–Crippen LogP) is 2.41. The summed E-state index contributed by atoms with van der Waals surface area (Å²) in [7, 11) is 0. The molecule has 1 aliphatic heterocycles. The monoisotopic (exact) mass is 354 g/mol. The Labute approximate surface area is 149 Å². The van der Waals surface area contributed by atoms with Crippen molar-refractivity contribution in [2.45, 2.75) is 65.6 Å². The maximum absolute atomic E-state index is 13.0. The lowest BCUT2D eigenvalue weighted by atomic mass is 9.85. The summed E-state index contributed by atoms with van der Waals surface area (Å²) in [5.41, 5.74) is -1.30. The summed E-state index contributed by atoms with van der Waals surface area (Å²) in [6.07, 6.45) is 1.29. The molecule has 1 aliphatic rings. The number of alkyl carbamates (subject to hydrolysis) is 1. The summed E-state index contributed by atoms with van der Waals surface area (Å²) in [5, 5.41) is 12.0. The zero-order chi connectivity index (χ0) is 19.6. The van der Waals surface area contributed by atoms with Crippen LogP contribution in [0.5, 0.6) is 0 Å². The van der Waals surface area contributed by atoms with Gasteiger partial charge in [-0.1, -0.05) is 26.8 Å². The van der Waals surface area contributed by atoms with Crippen LogP contribution in [0.4, 0.5) is 4.79 Å². The van der Waals surface area contributed by atoms with Crippen molar-refractivity contribution in [2.24, 2.45) is 11.3 Å². The van der Waals surface area contributed by atoms with Gasteiger partial charge in [0.25, 0.3) is 0 Å². The van der Waals surface area contributed by atoms with E-state index in [1.54, 1.807) is 26.8 Å². The molecule has 0 unspecified atom stereocenters. The van der Waals surface area contributed by atoms with Crippen LogP contribution in [0.25, 0.3) is 0 Å². The number of nitrogens with zero attached hydrogens (tertiary/aromatic N) is 1. The second-order valence-electron chi connectivity index (χ2n) is 8.52. The molecule has 0 aromatic rings. The number of carboxylic acid groups (broad SMARTS) is 1. The molecule has 1 fully saturated rings. The molecule has 7 nitrogen and oxygen atoms in total. The minimum Gasteiger partial charge on any atom is -0.480 e. The second kappa shape index (κ2) is 7.45. The molecule has 1 saturated heterocycles. The molecule has 25 heavy (non-hydrogen) atoms. The lowest BCUT2D eigenvalue weighted by Crippen LogP contribution is -2.57. The fourth-order valence-electron chi connectivity index (χ4n) is 2.76. The van der Waals surface area contributed by atoms with E-state index in [1.807, 2.05) is 20.8 Å². The first-order chi connectivity index (χ1) is 11.3. The Morgan fingerprint density at radius 1 is 1.24 bits per heavy atom. The molecule has 0 aromatic carbocycles. The van der Waals surface area contributed by atoms with Gasteiger partial charge in [-0.3, -0.25) is 4.79 Å². The molecule has 0 saturated carbocycles. The number of rotatable bonds is 4. The van der Waals surface area contributed by atoms with Crippen LogP contribution in [-0.2, 0) is 14.3 Å². The SMILES string of the molecule is C=C[C@@H]1C[C@@H](C(=O)O)N(C(=O)[C@@H](NC(=O)OC(C)(C)C)C(C)(C)C)C1. The number of likely N-dealkylation sites (tertiary alicyclic amines) is 1. The maximum Gasteiger partial charge on any atom is 0.408 e. The van der Waals surface area contributed by atoms with Crippen molar-refractivity contribution in [1.29, 1.82) is 0 Å². The van der Waals surface area contributed by atoms with Crippen LogP contribution in [0.2, 0.25) is 0 Å². The number of aliphatic carboxylic acids is 1. The maximum atomic E-state index is 13.0. The van der Waals surface area contributed by atoms with Crippen molar-refractivity contribution in [3.8, 4) is 0 Å². The Bertz CT molecular complexity index is 545. The fourth-order valence-corrected chi connectivity index (χ4v) is 2.76. The summed E-state index contributed by atoms with van der Waals surface area (Å²) in [4.78, 5) is 38.0. The van der Waals surface area contributed by atoms with Gasteiger partial charge in [0.05, 0.1) is 0 Å². The molecule has 0 bridgehead atoms. The Balaban J connectivity index is 3.02. The first-order valence-electron chi connectivity index (χ1n) is 8.41. The molecule has 2 amide bonds. The van der Waals surface area contributed by atoms with Crippen molar-refractivity contribution < 1.29 is 24.2 Å². The van der Waals surface area contributed by atoms with E-state index in [9.17, 15) is 19.5 Å². The number of nitrogens with one attached hydrogen (secondary N) is 1. The summed E-state index contributed by atoms with van der Waals surface area (Å²) in [5.74, 6) is -1.55. The van der Waals surface area contributed by atoms with Crippen LogP contribution in [0.15, 0.2) is 12.7 Å². The molecule has 142 valence electrons. The average molecular weight is 354 g/mol. The van der Waals surface area contributed by atoms with Gasteiger partial charge in [0.15, 0.2) is 0 Å². The van der Waals surface area contributed by atoms with Gasteiger partial charge >= 0.3 is 12.1 Å². The van der Waals surface area contributed by atoms with Crippen molar-refractivity contribution in [3.63, 3.8) is 0 Å². The minimum atomic E-state index is -1.05. The fraction of sp³-hybridized carbons (Fsp3) is 0.722. The molecule has 0 spiro atoms. The van der Waals surface area contributed by atoms with Crippen LogP contribution in [0, 0.1) is 11.3 Å². The van der Waals surface area contributed by atoms with E-state index in [0.717, 1.165) is 0 Å². The van der Waals surface area contributed by atoms with E-state index >= 15 is 0 Å². The Kier molecular flexibility index (Phi) is 6.26. The highest BCUT2D eigenvalue weighted by molar-refractivity contribution is 5.90.